The number of benzene rings is 1. The Hall–Kier alpha value is -0.510. The van der Waals surface area contributed by atoms with Crippen molar-refractivity contribution in [2.75, 3.05) is 24.6 Å². The number of thioether (sulfide) groups is 1. The lowest BCUT2D eigenvalue weighted by Gasteiger charge is -2.40. The molecule has 0 aromatic heterocycles. The molecule has 21 heavy (non-hydrogen) atoms. The van der Waals surface area contributed by atoms with E-state index in [-0.39, 0.29) is 0 Å². The fourth-order valence-electron chi connectivity index (χ4n) is 3.45. The maximum Gasteiger partial charge on any atom is 0.0234 e. The van der Waals surface area contributed by atoms with Gasteiger partial charge in [-0.15, -0.1) is 0 Å². The van der Waals surface area contributed by atoms with Crippen LogP contribution in [0.5, 0.6) is 0 Å². The van der Waals surface area contributed by atoms with Crippen molar-refractivity contribution < 1.29 is 0 Å². The lowest BCUT2D eigenvalue weighted by molar-refractivity contribution is 0.224. The summed E-state index contributed by atoms with van der Waals surface area (Å²) < 4.78 is 0. The number of likely N-dealkylation sites (tertiary alicyclic amines) is 1. The zero-order valence-corrected chi connectivity index (χ0v) is 14.2. The van der Waals surface area contributed by atoms with Gasteiger partial charge in [0.05, 0.1) is 0 Å². The molecule has 0 aliphatic carbocycles. The molecular formula is C18H28N2S. The molecule has 3 heteroatoms. The van der Waals surface area contributed by atoms with Crippen molar-refractivity contribution in [3.63, 3.8) is 0 Å². The molecule has 2 saturated heterocycles. The van der Waals surface area contributed by atoms with Crippen molar-refractivity contribution in [3.8, 4) is 0 Å². The Bertz CT molecular complexity index is 446. The second-order valence-corrected chi connectivity index (χ2v) is 8.39. The molecule has 2 nitrogen and oxygen atoms in total. The fraction of sp³-hybridized carbons (Fsp3) is 0.667. The van der Waals surface area contributed by atoms with Crippen molar-refractivity contribution in [2.45, 2.75) is 45.3 Å². The Morgan fingerprint density at radius 1 is 1.29 bits per heavy atom. The number of nitrogens with one attached hydrogen (secondary N) is 1. The first-order valence-electron chi connectivity index (χ1n) is 8.23. The van der Waals surface area contributed by atoms with E-state index in [1.165, 1.54) is 43.0 Å². The van der Waals surface area contributed by atoms with E-state index in [1.807, 2.05) is 0 Å². The number of rotatable bonds is 4. The van der Waals surface area contributed by atoms with Gasteiger partial charge in [-0.25, -0.2) is 0 Å². The second kappa shape index (κ2) is 6.72. The Labute approximate surface area is 133 Å². The SMILES string of the molecule is CC1(C)CCSCC1NC1CCN(Cc2ccccc2)C1. The maximum absolute atomic E-state index is 3.96. The average Bonchev–Trinajstić information content (AvgIpc) is 2.90. The van der Waals surface area contributed by atoms with E-state index in [9.17, 15) is 0 Å². The van der Waals surface area contributed by atoms with Gasteiger partial charge in [-0.3, -0.25) is 4.90 Å². The van der Waals surface area contributed by atoms with Gasteiger partial charge in [-0.05, 0) is 29.6 Å². The van der Waals surface area contributed by atoms with E-state index in [1.54, 1.807) is 0 Å². The Balaban J connectivity index is 1.50. The van der Waals surface area contributed by atoms with Crippen molar-refractivity contribution in [1.82, 2.24) is 10.2 Å². The van der Waals surface area contributed by atoms with E-state index >= 15 is 0 Å². The predicted molar refractivity (Wildman–Crippen MR) is 92.8 cm³/mol. The maximum atomic E-state index is 3.96. The standard InChI is InChI=1S/C18H28N2S/c1-18(2)9-11-21-14-17(18)19-16-8-10-20(13-16)12-15-6-4-3-5-7-15/h3-7,16-17,19H,8-14H2,1-2H3. The minimum Gasteiger partial charge on any atom is -0.309 e. The van der Waals surface area contributed by atoms with Crippen LogP contribution in [0.2, 0.25) is 0 Å². The highest BCUT2D eigenvalue weighted by molar-refractivity contribution is 7.99. The van der Waals surface area contributed by atoms with E-state index in [0.717, 1.165) is 6.54 Å². The summed E-state index contributed by atoms with van der Waals surface area (Å²) in [7, 11) is 0. The molecule has 1 aromatic carbocycles. The summed E-state index contributed by atoms with van der Waals surface area (Å²) in [6.45, 7) is 8.39. The van der Waals surface area contributed by atoms with Crippen LogP contribution in [-0.2, 0) is 6.54 Å². The van der Waals surface area contributed by atoms with Crippen molar-refractivity contribution >= 4 is 11.8 Å². The summed E-state index contributed by atoms with van der Waals surface area (Å²) >= 11 is 2.12. The van der Waals surface area contributed by atoms with Crippen LogP contribution in [0.4, 0.5) is 0 Å². The first-order chi connectivity index (χ1) is 10.1. The molecule has 0 bridgehead atoms. The lowest BCUT2D eigenvalue weighted by atomic mass is 9.82. The summed E-state index contributed by atoms with van der Waals surface area (Å²) in [5.74, 6) is 2.61. The Morgan fingerprint density at radius 2 is 2.10 bits per heavy atom. The van der Waals surface area contributed by atoms with Crippen LogP contribution in [0.15, 0.2) is 30.3 Å². The van der Waals surface area contributed by atoms with Crippen molar-refractivity contribution in [2.24, 2.45) is 5.41 Å². The van der Waals surface area contributed by atoms with Gasteiger partial charge in [0.25, 0.3) is 0 Å². The largest absolute Gasteiger partial charge is 0.309 e. The molecular weight excluding hydrogens is 276 g/mol. The third kappa shape index (κ3) is 4.02. The van der Waals surface area contributed by atoms with Crippen LogP contribution in [0.1, 0.15) is 32.3 Å². The minimum atomic E-state index is 0.456. The van der Waals surface area contributed by atoms with Crippen LogP contribution in [-0.4, -0.2) is 41.6 Å². The Kier molecular flexibility index (Phi) is 4.92. The molecule has 2 heterocycles. The van der Waals surface area contributed by atoms with Gasteiger partial charge < -0.3 is 5.32 Å². The third-order valence-electron chi connectivity index (χ3n) is 5.08. The number of hydrogen-bond acceptors (Lipinski definition) is 3. The predicted octanol–water partition coefficient (Wildman–Crippen LogP) is 3.38. The smallest absolute Gasteiger partial charge is 0.0234 e. The van der Waals surface area contributed by atoms with Gasteiger partial charge in [-0.1, -0.05) is 44.2 Å². The van der Waals surface area contributed by atoms with Crippen LogP contribution in [0.25, 0.3) is 0 Å². The molecule has 2 atom stereocenters. The molecule has 2 aliphatic rings. The van der Waals surface area contributed by atoms with Crippen molar-refractivity contribution in [1.29, 1.82) is 0 Å². The molecule has 2 fully saturated rings. The van der Waals surface area contributed by atoms with Crippen LogP contribution in [0, 0.1) is 5.41 Å². The monoisotopic (exact) mass is 304 g/mol. The van der Waals surface area contributed by atoms with Gasteiger partial charge in [0, 0.05) is 37.5 Å². The van der Waals surface area contributed by atoms with E-state index in [4.69, 9.17) is 0 Å². The number of nitrogens with zero attached hydrogens (tertiary/aromatic N) is 1. The first kappa shape index (κ1) is 15.4. The summed E-state index contributed by atoms with van der Waals surface area (Å²) in [4.78, 5) is 2.59. The van der Waals surface area contributed by atoms with Gasteiger partial charge in [0.1, 0.15) is 0 Å². The molecule has 2 aliphatic heterocycles. The highest BCUT2D eigenvalue weighted by Crippen LogP contribution is 2.34. The molecule has 1 aromatic rings. The van der Waals surface area contributed by atoms with E-state index in [0.29, 0.717) is 17.5 Å². The van der Waals surface area contributed by atoms with E-state index in [2.05, 4.69) is 66.2 Å². The quantitative estimate of drug-likeness (QED) is 0.918. The van der Waals surface area contributed by atoms with Gasteiger partial charge >= 0.3 is 0 Å². The van der Waals surface area contributed by atoms with Gasteiger partial charge in [-0.2, -0.15) is 11.8 Å². The molecule has 1 N–H and O–H groups in total. The van der Waals surface area contributed by atoms with Crippen LogP contribution >= 0.6 is 11.8 Å². The zero-order chi connectivity index (χ0) is 14.7. The Morgan fingerprint density at radius 3 is 2.86 bits per heavy atom. The summed E-state index contributed by atoms with van der Waals surface area (Å²) in [6, 6.07) is 12.2. The minimum absolute atomic E-state index is 0.456. The molecule has 116 valence electrons. The molecule has 0 saturated carbocycles. The first-order valence-corrected chi connectivity index (χ1v) is 9.39. The molecule has 0 radical (unpaired) electrons. The summed E-state index contributed by atoms with van der Waals surface area (Å²) in [5.41, 5.74) is 1.89. The second-order valence-electron chi connectivity index (χ2n) is 7.24. The summed E-state index contributed by atoms with van der Waals surface area (Å²) in [6.07, 6.45) is 2.64. The summed E-state index contributed by atoms with van der Waals surface area (Å²) in [5, 5.41) is 3.96. The molecule has 3 rings (SSSR count). The zero-order valence-electron chi connectivity index (χ0n) is 13.3. The highest BCUT2D eigenvalue weighted by atomic mass is 32.2. The van der Waals surface area contributed by atoms with Crippen molar-refractivity contribution in [3.05, 3.63) is 35.9 Å². The van der Waals surface area contributed by atoms with Gasteiger partial charge in [0.15, 0.2) is 0 Å². The van der Waals surface area contributed by atoms with Gasteiger partial charge in [0.2, 0.25) is 0 Å². The van der Waals surface area contributed by atoms with E-state index < -0.39 is 0 Å². The molecule has 0 amide bonds. The van der Waals surface area contributed by atoms with Crippen LogP contribution in [0.3, 0.4) is 0 Å². The number of hydrogen-bond donors (Lipinski definition) is 1. The topological polar surface area (TPSA) is 15.3 Å². The third-order valence-corrected chi connectivity index (χ3v) is 6.14. The highest BCUT2D eigenvalue weighted by Gasteiger charge is 2.35. The molecule has 2 unspecified atom stereocenters. The van der Waals surface area contributed by atoms with Crippen LogP contribution < -0.4 is 5.32 Å². The normalized spacial score (nSPS) is 29.6. The average molecular weight is 305 g/mol. The lowest BCUT2D eigenvalue weighted by Crippen LogP contribution is -2.51. The molecule has 0 spiro atoms. The fourth-order valence-corrected chi connectivity index (χ4v) is 5.07.